The van der Waals surface area contributed by atoms with Gasteiger partial charge in [-0.3, -0.25) is 4.90 Å². The molecule has 1 atom stereocenters. The lowest BCUT2D eigenvalue weighted by atomic mass is 9.89. The second-order valence-corrected chi connectivity index (χ2v) is 6.67. The van der Waals surface area contributed by atoms with Gasteiger partial charge in [-0.1, -0.05) is 72.8 Å². The first kappa shape index (κ1) is 14.5. The van der Waals surface area contributed by atoms with E-state index in [9.17, 15) is 0 Å². The Morgan fingerprint density at radius 2 is 1.61 bits per heavy atom. The zero-order valence-electron chi connectivity index (χ0n) is 13.5. The third kappa shape index (κ3) is 3.30. The molecule has 1 aliphatic rings. The summed E-state index contributed by atoms with van der Waals surface area (Å²) in [6.45, 7) is 3.47. The zero-order valence-corrected chi connectivity index (χ0v) is 13.5. The first-order valence-corrected chi connectivity index (χ1v) is 8.63. The lowest BCUT2D eigenvalue weighted by molar-refractivity contribution is 0.200. The lowest BCUT2D eigenvalue weighted by Crippen LogP contribution is -2.33. The summed E-state index contributed by atoms with van der Waals surface area (Å²) in [5.41, 5.74) is 2.92. The third-order valence-electron chi connectivity index (χ3n) is 5.00. The molecule has 1 aliphatic heterocycles. The molecule has 0 spiro atoms. The Morgan fingerprint density at radius 3 is 2.48 bits per heavy atom. The standard InChI is InChI=1S/C22H23N/c1-2-7-18(8-3-1)16-23-14-6-11-22(17-23)21-13-12-19-9-4-5-10-20(19)15-21/h1-5,7-10,12-13,15,22H,6,11,14,16-17H2/t22-/m1/s1. The maximum absolute atomic E-state index is 2.61. The van der Waals surface area contributed by atoms with Crippen LogP contribution in [-0.4, -0.2) is 18.0 Å². The van der Waals surface area contributed by atoms with Crippen LogP contribution in [0.4, 0.5) is 0 Å². The third-order valence-corrected chi connectivity index (χ3v) is 5.00. The Labute approximate surface area is 138 Å². The number of hydrogen-bond acceptors (Lipinski definition) is 1. The largest absolute Gasteiger partial charge is 0.298 e. The van der Waals surface area contributed by atoms with Gasteiger partial charge in [0.2, 0.25) is 0 Å². The average Bonchev–Trinajstić information content (AvgIpc) is 2.62. The summed E-state index contributed by atoms with van der Waals surface area (Å²) in [6.07, 6.45) is 2.61. The molecule has 1 heteroatoms. The van der Waals surface area contributed by atoms with Crippen molar-refractivity contribution < 1.29 is 0 Å². The number of likely N-dealkylation sites (tertiary alicyclic amines) is 1. The smallest absolute Gasteiger partial charge is 0.0233 e. The molecule has 1 saturated heterocycles. The van der Waals surface area contributed by atoms with E-state index >= 15 is 0 Å². The van der Waals surface area contributed by atoms with Gasteiger partial charge in [-0.2, -0.15) is 0 Å². The van der Waals surface area contributed by atoms with Crippen molar-refractivity contribution in [1.82, 2.24) is 4.90 Å². The average molecular weight is 301 g/mol. The molecule has 0 aromatic heterocycles. The summed E-state index contributed by atoms with van der Waals surface area (Å²) in [4.78, 5) is 2.61. The zero-order chi connectivity index (χ0) is 15.5. The Kier molecular flexibility index (Phi) is 4.12. The number of rotatable bonds is 3. The predicted molar refractivity (Wildman–Crippen MR) is 97.6 cm³/mol. The summed E-state index contributed by atoms with van der Waals surface area (Å²) in [5, 5.41) is 2.71. The second kappa shape index (κ2) is 6.55. The van der Waals surface area contributed by atoms with Crippen molar-refractivity contribution in [1.29, 1.82) is 0 Å². The van der Waals surface area contributed by atoms with Gasteiger partial charge in [-0.05, 0) is 47.2 Å². The van der Waals surface area contributed by atoms with E-state index in [4.69, 9.17) is 0 Å². The molecule has 0 bridgehead atoms. The van der Waals surface area contributed by atoms with Crippen LogP contribution in [0.2, 0.25) is 0 Å². The molecule has 116 valence electrons. The van der Waals surface area contributed by atoms with Crippen LogP contribution in [0.5, 0.6) is 0 Å². The van der Waals surface area contributed by atoms with E-state index in [1.54, 1.807) is 0 Å². The van der Waals surface area contributed by atoms with Crippen LogP contribution >= 0.6 is 0 Å². The topological polar surface area (TPSA) is 3.24 Å². The number of nitrogens with zero attached hydrogens (tertiary/aromatic N) is 1. The van der Waals surface area contributed by atoms with Crippen molar-refractivity contribution in [2.24, 2.45) is 0 Å². The van der Waals surface area contributed by atoms with Gasteiger partial charge in [0.1, 0.15) is 0 Å². The highest BCUT2D eigenvalue weighted by Crippen LogP contribution is 2.29. The summed E-state index contributed by atoms with van der Waals surface area (Å²) in [5.74, 6) is 0.664. The van der Waals surface area contributed by atoms with Crippen LogP contribution in [0, 0.1) is 0 Å². The van der Waals surface area contributed by atoms with Crippen LogP contribution in [0.15, 0.2) is 72.8 Å². The Morgan fingerprint density at radius 1 is 0.826 bits per heavy atom. The highest BCUT2D eigenvalue weighted by atomic mass is 15.1. The van der Waals surface area contributed by atoms with E-state index in [0.717, 1.165) is 6.54 Å². The summed E-state index contributed by atoms with van der Waals surface area (Å²) >= 11 is 0. The van der Waals surface area contributed by atoms with Gasteiger partial charge in [0.05, 0.1) is 0 Å². The summed E-state index contributed by atoms with van der Waals surface area (Å²) in [6, 6.07) is 26.5. The lowest BCUT2D eigenvalue weighted by Gasteiger charge is -2.33. The van der Waals surface area contributed by atoms with Gasteiger partial charge in [-0.25, -0.2) is 0 Å². The van der Waals surface area contributed by atoms with E-state index in [0.29, 0.717) is 5.92 Å². The second-order valence-electron chi connectivity index (χ2n) is 6.67. The minimum Gasteiger partial charge on any atom is -0.298 e. The van der Waals surface area contributed by atoms with Gasteiger partial charge in [-0.15, -0.1) is 0 Å². The van der Waals surface area contributed by atoms with Gasteiger partial charge in [0.25, 0.3) is 0 Å². The molecule has 1 nitrogen and oxygen atoms in total. The SMILES string of the molecule is c1ccc(CN2CCC[C@@H](c3ccc4ccccc4c3)C2)cc1. The molecule has 0 unspecified atom stereocenters. The van der Waals surface area contributed by atoms with Crippen LogP contribution < -0.4 is 0 Å². The fourth-order valence-electron chi connectivity index (χ4n) is 3.77. The Balaban J connectivity index is 1.51. The molecule has 0 aliphatic carbocycles. The van der Waals surface area contributed by atoms with E-state index in [-0.39, 0.29) is 0 Å². The quantitative estimate of drug-likeness (QED) is 0.641. The molecule has 1 heterocycles. The van der Waals surface area contributed by atoms with Crippen LogP contribution in [-0.2, 0) is 6.54 Å². The molecular formula is C22H23N. The van der Waals surface area contributed by atoms with Gasteiger partial charge in [0.15, 0.2) is 0 Å². The maximum atomic E-state index is 2.61. The first-order chi connectivity index (χ1) is 11.4. The van der Waals surface area contributed by atoms with E-state index < -0.39 is 0 Å². The van der Waals surface area contributed by atoms with Crippen molar-refractivity contribution in [3.05, 3.63) is 83.9 Å². The van der Waals surface area contributed by atoms with E-state index in [1.165, 1.54) is 47.8 Å². The van der Waals surface area contributed by atoms with E-state index in [1.807, 2.05) is 0 Å². The summed E-state index contributed by atoms with van der Waals surface area (Å²) in [7, 11) is 0. The van der Waals surface area contributed by atoms with Crippen molar-refractivity contribution in [3.63, 3.8) is 0 Å². The minimum atomic E-state index is 0.664. The molecule has 23 heavy (non-hydrogen) atoms. The molecule has 3 aromatic rings. The molecule has 3 aromatic carbocycles. The number of fused-ring (bicyclic) bond motifs is 1. The normalized spacial score (nSPS) is 19.0. The monoisotopic (exact) mass is 301 g/mol. The van der Waals surface area contributed by atoms with Gasteiger partial charge in [0, 0.05) is 13.1 Å². The van der Waals surface area contributed by atoms with Crippen molar-refractivity contribution >= 4 is 10.8 Å². The molecule has 0 N–H and O–H groups in total. The number of benzene rings is 3. The van der Waals surface area contributed by atoms with Crippen LogP contribution in [0.25, 0.3) is 10.8 Å². The van der Waals surface area contributed by atoms with Crippen molar-refractivity contribution in [3.8, 4) is 0 Å². The maximum Gasteiger partial charge on any atom is 0.0233 e. The van der Waals surface area contributed by atoms with E-state index in [2.05, 4.69) is 77.7 Å². The van der Waals surface area contributed by atoms with Crippen molar-refractivity contribution in [2.45, 2.75) is 25.3 Å². The Hall–Kier alpha value is -2.12. The fraction of sp³-hybridized carbons (Fsp3) is 0.273. The minimum absolute atomic E-state index is 0.664. The first-order valence-electron chi connectivity index (χ1n) is 8.63. The number of piperidine rings is 1. The predicted octanol–water partition coefficient (Wildman–Crippen LogP) is 5.22. The number of hydrogen-bond donors (Lipinski definition) is 0. The molecule has 1 fully saturated rings. The van der Waals surface area contributed by atoms with Crippen molar-refractivity contribution in [2.75, 3.05) is 13.1 Å². The van der Waals surface area contributed by atoms with Crippen LogP contribution in [0.1, 0.15) is 29.9 Å². The summed E-state index contributed by atoms with van der Waals surface area (Å²) < 4.78 is 0. The fourth-order valence-corrected chi connectivity index (χ4v) is 3.77. The molecular weight excluding hydrogens is 278 g/mol. The van der Waals surface area contributed by atoms with Gasteiger partial charge >= 0.3 is 0 Å². The molecule has 0 amide bonds. The highest BCUT2D eigenvalue weighted by molar-refractivity contribution is 5.83. The van der Waals surface area contributed by atoms with Crippen LogP contribution in [0.3, 0.4) is 0 Å². The molecule has 0 saturated carbocycles. The Bertz CT molecular complexity index is 778. The molecule has 4 rings (SSSR count). The highest BCUT2D eigenvalue weighted by Gasteiger charge is 2.21. The molecule has 0 radical (unpaired) electrons. The van der Waals surface area contributed by atoms with Gasteiger partial charge < -0.3 is 0 Å².